The van der Waals surface area contributed by atoms with Gasteiger partial charge < -0.3 is 15.8 Å². The van der Waals surface area contributed by atoms with Crippen LogP contribution >= 0.6 is 23.7 Å². The monoisotopic (exact) mass is 425 g/mol. The number of fused-ring (bicyclic) bond motifs is 2. The molecule has 2 aliphatic rings. The summed E-state index contributed by atoms with van der Waals surface area (Å²) in [4.78, 5) is 17.2. The van der Waals surface area contributed by atoms with Crippen molar-refractivity contribution in [3.05, 3.63) is 29.4 Å². The molecule has 2 aliphatic carbocycles. The molecule has 1 aromatic heterocycles. The molecule has 1 amide bonds. The summed E-state index contributed by atoms with van der Waals surface area (Å²) in [6.07, 6.45) is 5.22. The van der Waals surface area contributed by atoms with E-state index in [2.05, 4.69) is 10.3 Å². The van der Waals surface area contributed by atoms with Gasteiger partial charge in [0, 0.05) is 22.9 Å². The van der Waals surface area contributed by atoms with Crippen LogP contribution in [0, 0.1) is 23.6 Å². The van der Waals surface area contributed by atoms with E-state index in [0.717, 1.165) is 25.7 Å². The fourth-order valence-electron chi connectivity index (χ4n) is 4.50. The van der Waals surface area contributed by atoms with Crippen molar-refractivity contribution >= 4 is 34.8 Å². The van der Waals surface area contributed by atoms with E-state index >= 15 is 0 Å². The normalized spacial score (nSPS) is 26.2. The highest BCUT2D eigenvalue weighted by Gasteiger charge is 2.40. The number of rotatable bonds is 4. The highest BCUT2D eigenvalue weighted by molar-refractivity contribution is 7.14. The van der Waals surface area contributed by atoms with Crippen LogP contribution in [0.25, 0.3) is 11.3 Å². The highest BCUT2D eigenvalue weighted by Crippen LogP contribution is 2.42. The summed E-state index contributed by atoms with van der Waals surface area (Å²) in [5.74, 6) is 0.721. The molecule has 2 fully saturated rings. The second-order valence-electron chi connectivity index (χ2n) is 7.57. The summed E-state index contributed by atoms with van der Waals surface area (Å²) < 4.78 is 18.9. The minimum Gasteiger partial charge on any atom is -0.494 e. The van der Waals surface area contributed by atoms with Crippen molar-refractivity contribution in [3.63, 3.8) is 0 Å². The molecule has 5 nitrogen and oxygen atoms in total. The van der Waals surface area contributed by atoms with Crippen LogP contribution in [0.5, 0.6) is 5.75 Å². The van der Waals surface area contributed by atoms with Crippen LogP contribution in [0.1, 0.15) is 32.1 Å². The van der Waals surface area contributed by atoms with E-state index in [4.69, 9.17) is 10.5 Å². The maximum Gasteiger partial charge on any atom is 0.229 e. The number of hydrogen-bond donors (Lipinski definition) is 2. The number of carbonyl (C=O) groups excluding carboxylic acids is 1. The van der Waals surface area contributed by atoms with Gasteiger partial charge in [0.15, 0.2) is 16.7 Å². The average molecular weight is 426 g/mol. The van der Waals surface area contributed by atoms with Gasteiger partial charge in [-0.05, 0) is 55.7 Å². The summed E-state index contributed by atoms with van der Waals surface area (Å²) >= 11 is 1.35. The summed E-state index contributed by atoms with van der Waals surface area (Å²) in [6, 6.07) is 4.97. The molecule has 2 bridgehead atoms. The van der Waals surface area contributed by atoms with E-state index < -0.39 is 5.82 Å². The topological polar surface area (TPSA) is 77.2 Å². The number of anilines is 1. The van der Waals surface area contributed by atoms with E-state index in [-0.39, 0.29) is 36.0 Å². The molecule has 2 atom stereocenters. The Hall–Kier alpha value is -1.70. The lowest BCUT2D eigenvalue weighted by Crippen LogP contribution is -2.48. The molecule has 2 saturated carbocycles. The zero-order chi connectivity index (χ0) is 19.0. The van der Waals surface area contributed by atoms with Crippen molar-refractivity contribution in [2.45, 2.75) is 38.1 Å². The van der Waals surface area contributed by atoms with E-state index in [9.17, 15) is 9.18 Å². The summed E-state index contributed by atoms with van der Waals surface area (Å²) in [7, 11) is 1.43. The molecule has 0 radical (unpaired) electrons. The first-order chi connectivity index (χ1) is 13.0. The van der Waals surface area contributed by atoms with Crippen LogP contribution in [0.4, 0.5) is 9.52 Å². The number of hydrogen-bond acceptors (Lipinski definition) is 5. The maximum absolute atomic E-state index is 13.9. The molecule has 2 aromatic rings. The standard InChI is InChI=1S/C20H24FN3O2S.ClH/c1-26-17-6-5-11(9-15(17)21)16-10-27-20(23-16)24-19(25)14-7-12-3-2-4-13(8-14)18(12)22;/h5-6,9-10,12-14,18H,2-4,7-8,22H2,1H3,(H,23,24,25);1H. The minimum atomic E-state index is -0.432. The van der Waals surface area contributed by atoms with Gasteiger partial charge in [-0.2, -0.15) is 0 Å². The molecule has 3 N–H and O–H groups in total. The fraction of sp³-hybridized carbons (Fsp3) is 0.500. The largest absolute Gasteiger partial charge is 0.494 e. The molecule has 4 rings (SSSR count). The van der Waals surface area contributed by atoms with Crippen LogP contribution in [-0.4, -0.2) is 24.0 Å². The fourth-order valence-corrected chi connectivity index (χ4v) is 5.22. The second-order valence-corrected chi connectivity index (χ2v) is 8.43. The molecule has 8 heteroatoms. The lowest BCUT2D eigenvalue weighted by Gasteiger charge is -2.43. The van der Waals surface area contributed by atoms with Gasteiger partial charge in [0.2, 0.25) is 5.91 Å². The first-order valence-corrected chi connectivity index (χ1v) is 10.3. The van der Waals surface area contributed by atoms with E-state index in [1.807, 2.05) is 5.38 Å². The first kappa shape index (κ1) is 21.0. The number of ether oxygens (including phenoxy) is 1. The number of carbonyl (C=O) groups is 1. The Labute approximate surface area is 174 Å². The van der Waals surface area contributed by atoms with Crippen molar-refractivity contribution in [3.8, 4) is 17.0 Å². The molecule has 0 spiro atoms. The lowest BCUT2D eigenvalue weighted by molar-refractivity contribution is -0.122. The Morgan fingerprint density at radius 1 is 1.32 bits per heavy atom. The number of nitrogens with two attached hydrogens (primary N) is 1. The molecular formula is C20H25ClFN3O2S. The Bertz CT molecular complexity index is 833. The van der Waals surface area contributed by atoms with Crippen molar-refractivity contribution in [1.29, 1.82) is 0 Å². The van der Waals surface area contributed by atoms with E-state index in [0.29, 0.717) is 28.2 Å². The Balaban J connectivity index is 0.00000225. The van der Waals surface area contributed by atoms with Crippen molar-refractivity contribution in [2.24, 2.45) is 23.5 Å². The molecule has 1 heterocycles. The number of aromatic nitrogens is 1. The van der Waals surface area contributed by atoms with Crippen LogP contribution in [-0.2, 0) is 4.79 Å². The third-order valence-electron chi connectivity index (χ3n) is 5.97. The SMILES string of the molecule is COc1ccc(-c2csc(NC(=O)C3CC4CCCC(C3)C4N)n2)cc1F.Cl. The van der Waals surface area contributed by atoms with Gasteiger partial charge in [-0.15, -0.1) is 23.7 Å². The van der Waals surface area contributed by atoms with Gasteiger partial charge in [0.05, 0.1) is 12.8 Å². The number of nitrogens with one attached hydrogen (secondary N) is 1. The second kappa shape index (κ2) is 8.76. The Morgan fingerprint density at radius 2 is 2.04 bits per heavy atom. The first-order valence-electron chi connectivity index (χ1n) is 9.41. The highest BCUT2D eigenvalue weighted by atomic mass is 35.5. The molecule has 152 valence electrons. The predicted molar refractivity (Wildman–Crippen MR) is 111 cm³/mol. The van der Waals surface area contributed by atoms with E-state index in [1.54, 1.807) is 12.1 Å². The molecule has 0 saturated heterocycles. The van der Waals surface area contributed by atoms with Gasteiger partial charge in [-0.25, -0.2) is 9.37 Å². The third-order valence-corrected chi connectivity index (χ3v) is 6.72. The number of amides is 1. The smallest absolute Gasteiger partial charge is 0.229 e. The molecule has 28 heavy (non-hydrogen) atoms. The van der Waals surface area contributed by atoms with Gasteiger partial charge in [-0.3, -0.25) is 4.79 Å². The zero-order valence-corrected chi connectivity index (χ0v) is 17.3. The molecule has 2 unspecified atom stereocenters. The molecular weight excluding hydrogens is 401 g/mol. The number of benzene rings is 1. The Kier molecular flexibility index (Phi) is 6.58. The summed E-state index contributed by atoms with van der Waals surface area (Å²) in [5.41, 5.74) is 7.61. The molecule has 1 aromatic carbocycles. The summed E-state index contributed by atoms with van der Waals surface area (Å²) in [6.45, 7) is 0. The van der Waals surface area contributed by atoms with Crippen LogP contribution in [0.2, 0.25) is 0 Å². The van der Waals surface area contributed by atoms with Crippen molar-refractivity contribution in [2.75, 3.05) is 12.4 Å². The maximum atomic E-state index is 13.9. The number of methoxy groups -OCH3 is 1. The van der Waals surface area contributed by atoms with E-state index in [1.165, 1.54) is 30.9 Å². The van der Waals surface area contributed by atoms with Crippen molar-refractivity contribution < 1.29 is 13.9 Å². The van der Waals surface area contributed by atoms with Gasteiger partial charge in [-0.1, -0.05) is 6.42 Å². The number of nitrogens with zero attached hydrogens (tertiary/aromatic N) is 1. The predicted octanol–water partition coefficient (Wildman–Crippen LogP) is 4.47. The zero-order valence-electron chi connectivity index (χ0n) is 15.7. The van der Waals surface area contributed by atoms with Gasteiger partial charge in [0.25, 0.3) is 0 Å². The molecule has 0 aliphatic heterocycles. The van der Waals surface area contributed by atoms with Crippen molar-refractivity contribution in [1.82, 2.24) is 4.98 Å². The number of halogens is 2. The number of thiazole rings is 1. The van der Waals surface area contributed by atoms with Crippen LogP contribution in [0.15, 0.2) is 23.6 Å². The average Bonchev–Trinajstić information content (AvgIpc) is 3.09. The van der Waals surface area contributed by atoms with Crippen LogP contribution in [0.3, 0.4) is 0 Å². The lowest BCUT2D eigenvalue weighted by atomic mass is 9.65. The summed E-state index contributed by atoms with van der Waals surface area (Å²) in [5, 5.41) is 5.32. The minimum absolute atomic E-state index is 0. The van der Waals surface area contributed by atoms with Gasteiger partial charge in [0.1, 0.15) is 0 Å². The van der Waals surface area contributed by atoms with Gasteiger partial charge >= 0.3 is 0 Å². The quantitative estimate of drug-likeness (QED) is 0.757. The third kappa shape index (κ3) is 4.16. The van der Waals surface area contributed by atoms with Crippen LogP contribution < -0.4 is 15.8 Å². The Morgan fingerprint density at radius 3 is 2.68 bits per heavy atom.